The van der Waals surface area contributed by atoms with E-state index in [2.05, 4.69) is 25.6 Å². The van der Waals surface area contributed by atoms with Crippen LogP contribution in [0.1, 0.15) is 30.3 Å². The van der Waals surface area contributed by atoms with E-state index in [0.717, 1.165) is 16.0 Å². The molecule has 0 bridgehead atoms. The van der Waals surface area contributed by atoms with Gasteiger partial charge < -0.3 is 4.57 Å². The van der Waals surface area contributed by atoms with E-state index in [1.54, 1.807) is 17.5 Å². The van der Waals surface area contributed by atoms with Crippen LogP contribution >= 0.6 is 22.9 Å². The molecule has 0 N–H and O–H groups in total. The van der Waals surface area contributed by atoms with E-state index >= 15 is 0 Å². The van der Waals surface area contributed by atoms with Crippen molar-refractivity contribution < 1.29 is 0 Å². The predicted octanol–water partition coefficient (Wildman–Crippen LogP) is 4.24. The predicted molar refractivity (Wildman–Crippen MR) is 81.3 cm³/mol. The van der Waals surface area contributed by atoms with Crippen molar-refractivity contribution in [2.45, 2.75) is 32.2 Å². The Kier molecular flexibility index (Phi) is 2.79. The molecule has 0 spiro atoms. The van der Waals surface area contributed by atoms with Crippen molar-refractivity contribution in [3.05, 3.63) is 28.8 Å². The van der Waals surface area contributed by atoms with Gasteiger partial charge in [0.1, 0.15) is 5.65 Å². The number of aromatic nitrogens is 4. The average Bonchev–Trinajstić information content (AvgIpc) is 2.92. The van der Waals surface area contributed by atoms with E-state index < -0.39 is 0 Å². The number of halogens is 1. The largest absolute Gasteiger partial charge is 0.321 e. The lowest BCUT2D eigenvalue weighted by atomic mass is 9.92. The molecule has 4 nitrogen and oxygen atoms in total. The summed E-state index contributed by atoms with van der Waals surface area (Å²) in [5, 5.41) is 2.43. The number of hydrogen-bond donors (Lipinski definition) is 0. The van der Waals surface area contributed by atoms with Gasteiger partial charge in [-0.2, -0.15) is 4.98 Å². The summed E-state index contributed by atoms with van der Waals surface area (Å²) in [7, 11) is 0. The molecular weight excluding hydrogens is 292 g/mol. The molecule has 0 saturated heterocycles. The minimum Gasteiger partial charge on any atom is -0.321 e. The lowest BCUT2D eigenvalue weighted by Gasteiger charge is -2.29. The van der Waals surface area contributed by atoms with Gasteiger partial charge >= 0.3 is 0 Å². The van der Waals surface area contributed by atoms with Gasteiger partial charge in [-0.25, -0.2) is 9.97 Å². The van der Waals surface area contributed by atoms with Crippen molar-refractivity contribution in [2.75, 3.05) is 0 Å². The summed E-state index contributed by atoms with van der Waals surface area (Å²) in [6.45, 7) is 2.03. The second-order valence-electron chi connectivity index (χ2n) is 5.15. The Morgan fingerprint density at radius 2 is 2.15 bits per heavy atom. The second kappa shape index (κ2) is 4.53. The molecule has 0 radical (unpaired) electrons. The lowest BCUT2D eigenvalue weighted by Crippen LogP contribution is -2.18. The first-order valence-corrected chi connectivity index (χ1v) is 7.88. The van der Waals surface area contributed by atoms with Gasteiger partial charge in [0.2, 0.25) is 5.28 Å². The highest BCUT2D eigenvalue weighted by atomic mass is 35.5. The zero-order chi connectivity index (χ0) is 13.7. The lowest BCUT2D eigenvalue weighted by molar-refractivity contribution is 0.323. The van der Waals surface area contributed by atoms with E-state index in [0.29, 0.717) is 11.3 Å². The third-order valence-corrected chi connectivity index (χ3v) is 4.98. The third kappa shape index (κ3) is 1.84. The van der Waals surface area contributed by atoms with E-state index in [4.69, 9.17) is 11.6 Å². The topological polar surface area (TPSA) is 43.6 Å². The Labute approximate surface area is 125 Å². The van der Waals surface area contributed by atoms with Gasteiger partial charge in [-0.15, -0.1) is 11.3 Å². The molecule has 0 unspecified atom stereocenters. The smallest absolute Gasteiger partial charge is 0.224 e. The highest BCUT2D eigenvalue weighted by molar-refractivity contribution is 7.15. The zero-order valence-electron chi connectivity index (χ0n) is 11.0. The quantitative estimate of drug-likeness (QED) is 0.665. The third-order valence-electron chi connectivity index (χ3n) is 3.86. The standard InChI is InChI=1S/C14H13ClN4S/c1-8-16-7-12(20-8)11-5-9-6-17-14(15)18-13(9)19(11)10-3-2-4-10/h5-7,10H,2-4H2,1H3. The first kappa shape index (κ1) is 12.3. The molecule has 0 aromatic carbocycles. The maximum atomic E-state index is 5.97. The van der Waals surface area contributed by atoms with Crippen LogP contribution < -0.4 is 0 Å². The number of aryl methyl sites for hydroxylation is 1. The highest BCUT2D eigenvalue weighted by Crippen LogP contribution is 2.40. The number of fused-ring (bicyclic) bond motifs is 1. The Balaban J connectivity index is 1.99. The van der Waals surface area contributed by atoms with Crippen molar-refractivity contribution in [3.63, 3.8) is 0 Å². The van der Waals surface area contributed by atoms with Gasteiger partial charge in [-0.05, 0) is 43.9 Å². The summed E-state index contributed by atoms with van der Waals surface area (Å²) in [6.07, 6.45) is 7.44. The summed E-state index contributed by atoms with van der Waals surface area (Å²) in [5.41, 5.74) is 2.13. The van der Waals surface area contributed by atoms with Crippen molar-refractivity contribution in [1.29, 1.82) is 0 Å². The molecule has 3 heterocycles. The average molecular weight is 305 g/mol. The molecule has 1 aliphatic carbocycles. The molecule has 3 aromatic rings. The zero-order valence-corrected chi connectivity index (χ0v) is 12.6. The minimum absolute atomic E-state index is 0.309. The molecule has 1 fully saturated rings. The van der Waals surface area contributed by atoms with Gasteiger partial charge in [0.15, 0.2) is 0 Å². The summed E-state index contributed by atoms with van der Waals surface area (Å²) in [4.78, 5) is 14.1. The Morgan fingerprint density at radius 1 is 1.30 bits per heavy atom. The molecule has 1 aliphatic rings. The molecule has 3 aromatic heterocycles. The molecule has 1 saturated carbocycles. The van der Waals surface area contributed by atoms with Gasteiger partial charge in [-0.3, -0.25) is 0 Å². The van der Waals surface area contributed by atoms with Crippen LogP contribution in [0.3, 0.4) is 0 Å². The van der Waals surface area contributed by atoms with Crippen LogP contribution in [0.25, 0.3) is 21.6 Å². The molecule has 20 heavy (non-hydrogen) atoms. The van der Waals surface area contributed by atoms with Gasteiger partial charge in [0.05, 0.1) is 15.6 Å². The van der Waals surface area contributed by atoms with Crippen molar-refractivity contribution >= 4 is 34.0 Å². The number of thiazole rings is 1. The van der Waals surface area contributed by atoms with Crippen LogP contribution in [-0.2, 0) is 0 Å². The molecule has 0 atom stereocenters. The summed E-state index contributed by atoms with van der Waals surface area (Å²) < 4.78 is 2.32. The number of nitrogens with zero attached hydrogens (tertiary/aromatic N) is 4. The van der Waals surface area contributed by atoms with E-state index in [1.807, 2.05) is 13.1 Å². The van der Waals surface area contributed by atoms with Crippen LogP contribution in [0.2, 0.25) is 5.28 Å². The second-order valence-corrected chi connectivity index (χ2v) is 6.72. The van der Waals surface area contributed by atoms with Crippen molar-refractivity contribution in [3.8, 4) is 10.6 Å². The first-order chi connectivity index (χ1) is 9.72. The van der Waals surface area contributed by atoms with E-state index in [-0.39, 0.29) is 0 Å². The Bertz CT molecular complexity index is 788. The van der Waals surface area contributed by atoms with Gasteiger partial charge in [0, 0.05) is 23.8 Å². The fourth-order valence-corrected chi connectivity index (χ4v) is 3.59. The molecule has 0 aliphatic heterocycles. The van der Waals surface area contributed by atoms with E-state index in [9.17, 15) is 0 Å². The fourth-order valence-electron chi connectivity index (χ4n) is 2.67. The molecule has 4 rings (SSSR count). The van der Waals surface area contributed by atoms with Crippen LogP contribution in [0, 0.1) is 6.92 Å². The first-order valence-electron chi connectivity index (χ1n) is 6.68. The molecule has 0 amide bonds. The van der Waals surface area contributed by atoms with Crippen LogP contribution in [0.15, 0.2) is 18.5 Å². The molecule has 102 valence electrons. The van der Waals surface area contributed by atoms with Gasteiger partial charge in [0.25, 0.3) is 0 Å². The van der Waals surface area contributed by atoms with Gasteiger partial charge in [-0.1, -0.05) is 0 Å². The normalized spacial score (nSPS) is 15.7. The molecule has 6 heteroatoms. The summed E-state index contributed by atoms with van der Waals surface area (Å²) in [5.74, 6) is 0. The maximum absolute atomic E-state index is 5.97. The Hall–Kier alpha value is -1.46. The monoisotopic (exact) mass is 304 g/mol. The Morgan fingerprint density at radius 3 is 2.80 bits per heavy atom. The maximum Gasteiger partial charge on any atom is 0.224 e. The highest BCUT2D eigenvalue weighted by Gasteiger charge is 2.25. The van der Waals surface area contributed by atoms with E-state index in [1.165, 1.54) is 29.8 Å². The SMILES string of the molecule is Cc1ncc(-c2cc3cnc(Cl)nc3n2C2CCC2)s1. The summed E-state index contributed by atoms with van der Waals surface area (Å²) >= 11 is 7.68. The number of hydrogen-bond acceptors (Lipinski definition) is 4. The van der Waals surface area contributed by atoms with Crippen LogP contribution in [0.4, 0.5) is 0 Å². The summed E-state index contributed by atoms with van der Waals surface area (Å²) in [6, 6.07) is 2.67. The van der Waals surface area contributed by atoms with Crippen LogP contribution in [-0.4, -0.2) is 19.5 Å². The van der Waals surface area contributed by atoms with Crippen molar-refractivity contribution in [1.82, 2.24) is 19.5 Å². The fraction of sp³-hybridized carbons (Fsp3) is 0.357. The van der Waals surface area contributed by atoms with Crippen molar-refractivity contribution in [2.24, 2.45) is 0 Å². The minimum atomic E-state index is 0.309. The number of rotatable bonds is 2. The van der Waals surface area contributed by atoms with Crippen LogP contribution in [0.5, 0.6) is 0 Å². The molecular formula is C14H13ClN4S.